The molecular weight excluding hydrogens is 290 g/mol. The van der Waals surface area contributed by atoms with Crippen molar-refractivity contribution in [2.45, 2.75) is 56.0 Å². The summed E-state index contributed by atoms with van der Waals surface area (Å²) in [7, 11) is 0. The smallest absolute Gasteiger partial charge is 0.351 e. The third-order valence-electron chi connectivity index (χ3n) is 4.66. The molecule has 120 valence electrons. The maximum atomic E-state index is 12.1. The zero-order valence-electron chi connectivity index (χ0n) is 12.1. The Morgan fingerprint density at radius 1 is 1.36 bits per heavy atom. The van der Waals surface area contributed by atoms with Crippen molar-refractivity contribution in [3.63, 3.8) is 0 Å². The van der Waals surface area contributed by atoms with Crippen LogP contribution >= 0.6 is 0 Å². The molecule has 0 radical (unpaired) electrons. The molecule has 3 N–H and O–H groups in total. The molecule has 4 unspecified atom stereocenters. The number of fused-ring (bicyclic) bond motifs is 1. The number of aliphatic hydroxyl groups is 1. The second-order valence-corrected chi connectivity index (χ2v) is 6.07. The number of nitrogens with two attached hydrogens (primary N) is 1. The van der Waals surface area contributed by atoms with Crippen molar-refractivity contribution >= 4 is 5.82 Å². The lowest BCUT2D eigenvalue weighted by Crippen LogP contribution is -2.35. The Morgan fingerprint density at radius 3 is 2.77 bits per heavy atom. The van der Waals surface area contributed by atoms with Crippen molar-refractivity contribution in [1.29, 1.82) is 0 Å². The van der Waals surface area contributed by atoms with Crippen LogP contribution in [0.4, 0.5) is 5.82 Å². The highest BCUT2D eigenvalue weighted by molar-refractivity contribution is 5.23. The molecule has 4 rings (SSSR count). The second-order valence-electron chi connectivity index (χ2n) is 6.07. The van der Waals surface area contributed by atoms with E-state index < -0.39 is 29.9 Å². The molecule has 1 aromatic rings. The number of hydrogen-bond donors (Lipinski definition) is 2. The van der Waals surface area contributed by atoms with E-state index in [2.05, 4.69) is 4.98 Å². The van der Waals surface area contributed by atoms with Gasteiger partial charge in [-0.2, -0.15) is 4.98 Å². The van der Waals surface area contributed by atoms with Gasteiger partial charge in [-0.25, -0.2) is 4.79 Å². The Hall–Kier alpha value is -1.48. The van der Waals surface area contributed by atoms with Gasteiger partial charge in [-0.05, 0) is 18.9 Å². The number of hydrogen-bond acceptors (Lipinski definition) is 7. The van der Waals surface area contributed by atoms with Gasteiger partial charge in [0.2, 0.25) is 0 Å². The van der Waals surface area contributed by atoms with Gasteiger partial charge in [0.15, 0.2) is 12.0 Å². The molecule has 3 fully saturated rings. The highest BCUT2D eigenvalue weighted by Gasteiger charge is 2.59. The molecule has 1 spiro atoms. The molecule has 2 saturated heterocycles. The Balaban J connectivity index is 1.67. The summed E-state index contributed by atoms with van der Waals surface area (Å²) in [6.07, 6.45) is 3.32. The van der Waals surface area contributed by atoms with Crippen molar-refractivity contribution in [3.05, 3.63) is 22.7 Å². The summed E-state index contributed by atoms with van der Waals surface area (Å²) in [6.45, 7) is -0.186. The number of aliphatic hydroxyl groups excluding tert-OH is 1. The van der Waals surface area contributed by atoms with Gasteiger partial charge >= 0.3 is 5.69 Å². The summed E-state index contributed by atoms with van der Waals surface area (Å²) >= 11 is 0. The molecule has 1 saturated carbocycles. The summed E-state index contributed by atoms with van der Waals surface area (Å²) in [5, 5.41) is 9.54. The fourth-order valence-electron chi connectivity index (χ4n) is 3.64. The maximum Gasteiger partial charge on any atom is 0.351 e. The fraction of sp³-hybridized carbons (Fsp3) is 0.714. The highest BCUT2D eigenvalue weighted by atomic mass is 16.8. The number of ether oxygens (including phenoxy) is 3. The Bertz CT molecular complexity index is 627. The van der Waals surface area contributed by atoms with Gasteiger partial charge in [0, 0.05) is 19.0 Å². The van der Waals surface area contributed by atoms with Crippen molar-refractivity contribution in [1.82, 2.24) is 9.55 Å². The molecule has 1 aromatic heterocycles. The van der Waals surface area contributed by atoms with Gasteiger partial charge in [-0.15, -0.1) is 0 Å². The van der Waals surface area contributed by atoms with Crippen LogP contribution in [0.25, 0.3) is 0 Å². The zero-order chi connectivity index (χ0) is 15.3. The van der Waals surface area contributed by atoms with Crippen LogP contribution in [0.3, 0.4) is 0 Å². The van der Waals surface area contributed by atoms with Crippen molar-refractivity contribution in [2.75, 3.05) is 12.3 Å². The lowest BCUT2D eigenvalue weighted by atomic mass is 10.1. The van der Waals surface area contributed by atoms with Crippen LogP contribution in [0.2, 0.25) is 0 Å². The highest BCUT2D eigenvalue weighted by Crippen LogP contribution is 2.48. The first-order chi connectivity index (χ1) is 10.6. The molecule has 0 aromatic carbocycles. The van der Waals surface area contributed by atoms with E-state index in [1.165, 1.54) is 16.8 Å². The normalized spacial score (nSPS) is 36.0. The predicted molar refractivity (Wildman–Crippen MR) is 74.9 cm³/mol. The summed E-state index contributed by atoms with van der Waals surface area (Å²) < 4.78 is 19.3. The topological polar surface area (TPSA) is 109 Å². The molecule has 0 bridgehead atoms. The summed E-state index contributed by atoms with van der Waals surface area (Å²) in [4.78, 5) is 15.8. The Kier molecular flexibility index (Phi) is 3.23. The summed E-state index contributed by atoms with van der Waals surface area (Å²) in [5.74, 6) is -0.430. The Labute approximate surface area is 126 Å². The van der Waals surface area contributed by atoms with Crippen molar-refractivity contribution in [3.8, 4) is 0 Å². The van der Waals surface area contributed by atoms with E-state index in [9.17, 15) is 9.90 Å². The van der Waals surface area contributed by atoms with Gasteiger partial charge < -0.3 is 25.1 Å². The lowest BCUT2D eigenvalue weighted by molar-refractivity contribution is -0.216. The zero-order valence-corrected chi connectivity index (χ0v) is 12.1. The maximum absolute atomic E-state index is 12.1. The van der Waals surface area contributed by atoms with Crippen molar-refractivity contribution < 1.29 is 19.3 Å². The minimum Gasteiger partial charge on any atom is -0.394 e. The van der Waals surface area contributed by atoms with E-state index >= 15 is 0 Å². The summed E-state index contributed by atoms with van der Waals surface area (Å²) in [6, 6.07) is 1.53. The average Bonchev–Trinajstić information content (AvgIpc) is 3.16. The van der Waals surface area contributed by atoms with Crippen LogP contribution in [-0.4, -0.2) is 45.4 Å². The SMILES string of the molecule is Nc1ccn(C2OC(CO)C3OC4(CCCC4)OC32)c(=O)n1. The fourth-order valence-corrected chi connectivity index (χ4v) is 3.64. The van der Waals surface area contributed by atoms with Gasteiger partial charge in [-0.1, -0.05) is 0 Å². The van der Waals surface area contributed by atoms with Crippen LogP contribution in [-0.2, 0) is 14.2 Å². The van der Waals surface area contributed by atoms with E-state index in [1.807, 2.05) is 0 Å². The standard InChI is InChI=1S/C14H19N3O5/c15-9-3-6-17(13(19)16-9)12-11-10(8(7-18)20-12)21-14(22-11)4-1-2-5-14/h3,6,8,10-12,18H,1-2,4-5,7H2,(H2,15,16,19). The minimum absolute atomic E-state index is 0.158. The van der Waals surface area contributed by atoms with Gasteiger partial charge in [-0.3, -0.25) is 4.57 Å². The van der Waals surface area contributed by atoms with Crippen LogP contribution in [0.5, 0.6) is 0 Å². The molecule has 4 atom stereocenters. The monoisotopic (exact) mass is 309 g/mol. The molecule has 3 aliphatic rings. The number of rotatable bonds is 2. The minimum atomic E-state index is -0.664. The molecule has 1 aliphatic carbocycles. The van der Waals surface area contributed by atoms with Crippen LogP contribution < -0.4 is 11.4 Å². The first-order valence-corrected chi connectivity index (χ1v) is 7.58. The largest absolute Gasteiger partial charge is 0.394 e. The van der Waals surface area contributed by atoms with Crippen LogP contribution in [0.15, 0.2) is 17.1 Å². The number of nitrogen functional groups attached to an aromatic ring is 1. The van der Waals surface area contributed by atoms with E-state index in [-0.39, 0.29) is 18.5 Å². The first kappa shape index (κ1) is 14.1. The molecule has 3 heterocycles. The van der Waals surface area contributed by atoms with E-state index in [0.717, 1.165) is 25.7 Å². The number of aromatic nitrogens is 2. The molecule has 0 amide bonds. The van der Waals surface area contributed by atoms with Gasteiger partial charge in [0.05, 0.1) is 6.61 Å². The number of nitrogens with zero attached hydrogens (tertiary/aromatic N) is 2. The van der Waals surface area contributed by atoms with Crippen LogP contribution in [0, 0.1) is 0 Å². The second kappa shape index (κ2) is 5.02. The van der Waals surface area contributed by atoms with Crippen LogP contribution in [0.1, 0.15) is 31.9 Å². The lowest BCUT2D eigenvalue weighted by Gasteiger charge is -2.27. The van der Waals surface area contributed by atoms with E-state index in [4.69, 9.17) is 19.9 Å². The quantitative estimate of drug-likeness (QED) is 0.776. The van der Waals surface area contributed by atoms with E-state index in [0.29, 0.717) is 0 Å². The predicted octanol–water partition coefficient (Wildman–Crippen LogP) is -0.231. The van der Waals surface area contributed by atoms with E-state index in [1.54, 1.807) is 0 Å². The molecule has 8 nitrogen and oxygen atoms in total. The van der Waals surface area contributed by atoms with Crippen molar-refractivity contribution in [2.24, 2.45) is 0 Å². The third kappa shape index (κ3) is 2.06. The molecule has 2 aliphatic heterocycles. The Morgan fingerprint density at radius 2 is 2.09 bits per heavy atom. The molecule has 8 heteroatoms. The number of anilines is 1. The molecular formula is C14H19N3O5. The van der Waals surface area contributed by atoms with Gasteiger partial charge in [0.25, 0.3) is 0 Å². The third-order valence-corrected chi connectivity index (χ3v) is 4.66. The van der Waals surface area contributed by atoms with Gasteiger partial charge in [0.1, 0.15) is 24.1 Å². The molecule has 22 heavy (non-hydrogen) atoms. The first-order valence-electron chi connectivity index (χ1n) is 7.58. The average molecular weight is 309 g/mol. The summed E-state index contributed by atoms with van der Waals surface area (Å²) in [5.41, 5.74) is 5.02.